The van der Waals surface area contributed by atoms with Gasteiger partial charge in [-0.1, -0.05) is 33.8 Å². The van der Waals surface area contributed by atoms with Crippen LogP contribution in [0.15, 0.2) is 12.3 Å². The van der Waals surface area contributed by atoms with Crippen molar-refractivity contribution in [1.29, 1.82) is 0 Å². The summed E-state index contributed by atoms with van der Waals surface area (Å²) in [6.45, 7) is 13.2. The summed E-state index contributed by atoms with van der Waals surface area (Å²) in [7, 11) is 0. The van der Waals surface area contributed by atoms with Crippen molar-refractivity contribution in [3.63, 3.8) is 0 Å². The average molecular weight is 183 g/mol. The zero-order valence-electron chi connectivity index (χ0n) is 9.60. The van der Waals surface area contributed by atoms with E-state index in [1.165, 1.54) is 50.9 Å². The van der Waals surface area contributed by atoms with Gasteiger partial charge in [0, 0.05) is 18.8 Å². The Labute approximate surface area is 83.8 Å². The van der Waals surface area contributed by atoms with E-state index in [1.54, 1.807) is 0 Å². The van der Waals surface area contributed by atoms with Crippen LogP contribution in [0.25, 0.3) is 0 Å². The normalized spacial score (nSPS) is 10.1. The van der Waals surface area contributed by atoms with Crippen molar-refractivity contribution in [3.8, 4) is 0 Å². The van der Waals surface area contributed by atoms with Crippen molar-refractivity contribution >= 4 is 0 Å². The Hall–Kier alpha value is -0.460. The molecule has 0 radical (unpaired) electrons. The van der Waals surface area contributed by atoms with E-state index in [-0.39, 0.29) is 0 Å². The van der Waals surface area contributed by atoms with Gasteiger partial charge < -0.3 is 4.90 Å². The summed E-state index contributed by atoms with van der Waals surface area (Å²) < 4.78 is 0. The first-order valence-corrected chi connectivity index (χ1v) is 5.68. The van der Waals surface area contributed by atoms with Crippen LogP contribution in [0.5, 0.6) is 0 Å². The summed E-state index contributed by atoms with van der Waals surface area (Å²) in [6, 6.07) is 0. The third-order valence-corrected chi connectivity index (χ3v) is 2.25. The summed E-state index contributed by atoms with van der Waals surface area (Å²) in [6.07, 6.45) is 6.18. The number of hydrogen-bond donors (Lipinski definition) is 0. The van der Waals surface area contributed by atoms with Gasteiger partial charge in [-0.15, -0.1) is 0 Å². The maximum Gasteiger partial charge on any atom is 0.0172 e. The van der Waals surface area contributed by atoms with Gasteiger partial charge in [-0.2, -0.15) is 0 Å². The van der Waals surface area contributed by atoms with Crippen LogP contribution in [0.3, 0.4) is 0 Å². The molecule has 0 aliphatic rings. The molecule has 0 saturated carbocycles. The van der Waals surface area contributed by atoms with E-state index < -0.39 is 0 Å². The second-order valence-corrected chi connectivity index (χ2v) is 3.66. The summed E-state index contributed by atoms with van der Waals surface area (Å²) in [5.41, 5.74) is 1.34. The highest BCUT2D eigenvalue weighted by atomic mass is 15.1. The molecule has 0 atom stereocenters. The molecule has 0 spiro atoms. The van der Waals surface area contributed by atoms with E-state index in [0.717, 1.165) is 0 Å². The van der Waals surface area contributed by atoms with Crippen LogP contribution in [-0.4, -0.2) is 18.0 Å². The van der Waals surface area contributed by atoms with Gasteiger partial charge in [0.2, 0.25) is 0 Å². The third kappa shape index (κ3) is 5.73. The van der Waals surface area contributed by atoms with Gasteiger partial charge >= 0.3 is 0 Å². The topological polar surface area (TPSA) is 3.24 Å². The Morgan fingerprint density at radius 1 is 1.00 bits per heavy atom. The number of nitrogens with zero attached hydrogens (tertiary/aromatic N) is 1. The minimum Gasteiger partial charge on any atom is -0.375 e. The Kier molecular flexibility index (Phi) is 7.86. The monoisotopic (exact) mass is 183 g/mol. The van der Waals surface area contributed by atoms with E-state index in [9.17, 15) is 0 Å². The first kappa shape index (κ1) is 12.5. The standard InChI is InChI=1S/C12H25N/c1-5-8-9-12(4)13(10-6-2)11-7-3/h4-11H2,1-3H3. The minimum absolute atomic E-state index is 1.18. The molecule has 0 N–H and O–H groups in total. The molecule has 0 aromatic carbocycles. The van der Waals surface area contributed by atoms with Crippen molar-refractivity contribution in [2.75, 3.05) is 13.1 Å². The van der Waals surface area contributed by atoms with Crippen LogP contribution in [0, 0.1) is 0 Å². The molecule has 1 heteroatoms. The summed E-state index contributed by atoms with van der Waals surface area (Å²) >= 11 is 0. The fourth-order valence-corrected chi connectivity index (χ4v) is 1.51. The Balaban J connectivity index is 3.80. The lowest BCUT2D eigenvalue weighted by Crippen LogP contribution is -2.24. The highest BCUT2D eigenvalue weighted by Crippen LogP contribution is 2.11. The molecule has 0 aromatic heterocycles. The average Bonchev–Trinajstić information content (AvgIpc) is 2.14. The van der Waals surface area contributed by atoms with Gasteiger partial charge in [0.25, 0.3) is 0 Å². The molecule has 0 bridgehead atoms. The molecule has 0 amide bonds. The predicted octanol–water partition coefficient (Wildman–Crippen LogP) is 3.81. The lowest BCUT2D eigenvalue weighted by atomic mass is 10.2. The first-order chi connectivity index (χ1) is 6.26. The Morgan fingerprint density at radius 2 is 1.54 bits per heavy atom. The molecule has 0 fully saturated rings. The van der Waals surface area contributed by atoms with Crippen molar-refractivity contribution < 1.29 is 0 Å². The van der Waals surface area contributed by atoms with Gasteiger partial charge in [0.05, 0.1) is 0 Å². The number of hydrogen-bond acceptors (Lipinski definition) is 1. The number of rotatable bonds is 8. The van der Waals surface area contributed by atoms with Crippen molar-refractivity contribution in [2.24, 2.45) is 0 Å². The zero-order valence-corrected chi connectivity index (χ0v) is 9.60. The maximum absolute atomic E-state index is 4.16. The summed E-state index contributed by atoms with van der Waals surface area (Å²) in [5, 5.41) is 0. The van der Waals surface area contributed by atoms with Gasteiger partial charge in [0.15, 0.2) is 0 Å². The van der Waals surface area contributed by atoms with Crippen LogP contribution < -0.4 is 0 Å². The molecular weight excluding hydrogens is 158 g/mol. The second kappa shape index (κ2) is 8.15. The third-order valence-electron chi connectivity index (χ3n) is 2.25. The Morgan fingerprint density at radius 3 is 1.92 bits per heavy atom. The fourth-order valence-electron chi connectivity index (χ4n) is 1.51. The van der Waals surface area contributed by atoms with Crippen LogP contribution in [0.2, 0.25) is 0 Å². The van der Waals surface area contributed by atoms with Crippen LogP contribution >= 0.6 is 0 Å². The molecule has 1 nitrogen and oxygen atoms in total. The first-order valence-electron chi connectivity index (χ1n) is 5.68. The lowest BCUT2D eigenvalue weighted by Gasteiger charge is -2.25. The maximum atomic E-state index is 4.16. The van der Waals surface area contributed by atoms with E-state index in [0.29, 0.717) is 0 Å². The summed E-state index contributed by atoms with van der Waals surface area (Å²) in [4.78, 5) is 2.44. The van der Waals surface area contributed by atoms with E-state index in [1.807, 2.05) is 0 Å². The van der Waals surface area contributed by atoms with E-state index >= 15 is 0 Å². The minimum atomic E-state index is 1.18. The largest absolute Gasteiger partial charge is 0.375 e. The van der Waals surface area contributed by atoms with Crippen LogP contribution in [0.1, 0.15) is 52.9 Å². The molecular formula is C12H25N. The van der Waals surface area contributed by atoms with E-state index in [4.69, 9.17) is 0 Å². The molecule has 13 heavy (non-hydrogen) atoms. The van der Waals surface area contributed by atoms with Crippen molar-refractivity contribution in [1.82, 2.24) is 4.90 Å². The molecule has 0 saturated heterocycles. The molecule has 0 aromatic rings. The zero-order chi connectivity index (χ0) is 10.1. The van der Waals surface area contributed by atoms with E-state index in [2.05, 4.69) is 32.3 Å². The van der Waals surface area contributed by atoms with Crippen molar-refractivity contribution in [3.05, 3.63) is 12.3 Å². The van der Waals surface area contributed by atoms with Gasteiger partial charge in [-0.3, -0.25) is 0 Å². The molecule has 0 aliphatic carbocycles. The SMILES string of the molecule is C=C(CCCC)N(CCC)CCC. The molecule has 78 valence electrons. The Bertz CT molecular complexity index is 123. The smallest absolute Gasteiger partial charge is 0.0172 e. The number of unbranched alkanes of at least 4 members (excludes halogenated alkanes) is 1. The fraction of sp³-hybridized carbons (Fsp3) is 0.833. The number of allylic oxidation sites excluding steroid dienone is 1. The highest BCUT2D eigenvalue weighted by molar-refractivity contribution is 4.93. The van der Waals surface area contributed by atoms with Gasteiger partial charge in [-0.25, -0.2) is 0 Å². The molecule has 0 rings (SSSR count). The van der Waals surface area contributed by atoms with Crippen LogP contribution in [0.4, 0.5) is 0 Å². The summed E-state index contributed by atoms with van der Waals surface area (Å²) in [5.74, 6) is 0. The molecule has 0 heterocycles. The molecule has 0 aliphatic heterocycles. The quantitative estimate of drug-likeness (QED) is 0.553. The molecule has 0 unspecified atom stereocenters. The highest BCUT2D eigenvalue weighted by Gasteiger charge is 2.04. The van der Waals surface area contributed by atoms with Crippen molar-refractivity contribution in [2.45, 2.75) is 52.9 Å². The van der Waals surface area contributed by atoms with Gasteiger partial charge in [-0.05, 0) is 25.7 Å². The van der Waals surface area contributed by atoms with Crippen LogP contribution in [-0.2, 0) is 0 Å². The lowest BCUT2D eigenvalue weighted by molar-refractivity contribution is 0.332. The second-order valence-electron chi connectivity index (χ2n) is 3.66. The predicted molar refractivity (Wildman–Crippen MR) is 60.8 cm³/mol. The van der Waals surface area contributed by atoms with Gasteiger partial charge in [0.1, 0.15) is 0 Å².